The van der Waals surface area contributed by atoms with Crippen LogP contribution in [0.1, 0.15) is 15.2 Å². The van der Waals surface area contributed by atoms with Gasteiger partial charge in [0.15, 0.2) is 5.13 Å². The molecule has 3 aromatic carbocycles. The van der Waals surface area contributed by atoms with Gasteiger partial charge in [0, 0.05) is 10.9 Å². The minimum absolute atomic E-state index is 0.0614. The molecule has 1 amide bonds. The van der Waals surface area contributed by atoms with Gasteiger partial charge in [0.25, 0.3) is 5.91 Å². The van der Waals surface area contributed by atoms with Crippen LogP contribution in [0.5, 0.6) is 5.75 Å². The third-order valence-electron chi connectivity index (χ3n) is 5.31. The summed E-state index contributed by atoms with van der Waals surface area (Å²) in [5, 5.41) is 5.79. The molecule has 150 valence electrons. The number of anilines is 1. The van der Waals surface area contributed by atoms with Gasteiger partial charge in [0.2, 0.25) is 0 Å². The van der Waals surface area contributed by atoms with E-state index >= 15 is 0 Å². The second-order valence-electron chi connectivity index (χ2n) is 7.18. The first-order valence-corrected chi connectivity index (χ1v) is 10.5. The highest BCUT2D eigenvalue weighted by atomic mass is 32.1. The lowest BCUT2D eigenvalue weighted by atomic mass is 10.0. The van der Waals surface area contributed by atoms with Gasteiger partial charge < -0.3 is 9.15 Å². The van der Waals surface area contributed by atoms with Gasteiger partial charge in [0.1, 0.15) is 23.5 Å². The molecule has 3 heterocycles. The molecule has 31 heavy (non-hydrogen) atoms. The predicted molar refractivity (Wildman–Crippen MR) is 120 cm³/mol. The zero-order chi connectivity index (χ0) is 20.9. The van der Waals surface area contributed by atoms with E-state index in [0.717, 1.165) is 32.7 Å². The van der Waals surface area contributed by atoms with Crippen LogP contribution >= 0.6 is 11.3 Å². The van der Waals surface area contributed by atoms with Gasteiger partial charge in [0.05, 0.1) is 10.6 Å². The maximum absolute atomic E-state index is 12.9. The number of aromatic nitrogens is 1. The number of nitrogens with zero attached hydrogens (tertiary/aromatic N) is 1. The number of carbonyl (C=O) groups excluding carboxylic acids is 1. The third-order valence-corrected chi connectivity index (χ3v) is 6.25. The minimum Gasteiger partial charge on any atom is -0.487 e. The zero-order valence-electron chi connectivity index (χ0n) is 16.0. The van der Waals surface area contributed by atoms with Crippen molar-refractivity contribution in [3.63, 3.8) is 0 Å². The molecule has 0 saturated carbocycles. The van der Waals surface area contributed by atoms with Crippen molar-refractivity contribution in [1.29, 1.82) is 0 Å². The number of rotatable bonds is 2. The summed E-state index contributed by atoms with van der Waals surface area (Å²) in [6, 6.07) is 20.6. The van der Waals surface area contributed by atoms with Crippen LogP contribution in [0.15, 0.2) is 75.9 Å². The van der Waals surface area contributed by atoms with E-state index in [-0.39, 0.29) is 5.56 Å². The van der Waals surface area contributed by atoms with Crippen molar-refractivity contribution in [3.05, 3.63) is 87.6 Å². The molecule has 1 aliphatic rings. The summed E-state index contributed by atoms with van der Waals surface area (Å²) in [6.07, 6.45) is 0. The molecule has 1 N–H and O–H groups in total. The average molecular weight is 426 g/mol. The van der Waals surface area contributed by atoms with E-state index in [9.17, 15) is 9.59 Å². The first kappa shape index (κ1) is 17.9. The summed E-state index contributed by atoms with van der Waals surface area (Å²) in [6.45, 7) is 0.393. The van der Waals surface area contributed by atoms with Gasteiger partial charge in [-0.1, -0.05) is 53.8 Å². The smallest absolute Gasteiger partial charge is 0.349 e. The van der Waals surface area contributed by atoms with Crippen LogP contribution in [0, 0.1) is 0 Å². The maximum Gasteiger partial charge on any atom is 0.349 e. The van der Waals surface area contributed by atoms with E-state index in [1.54, 1.807) is 12.1 Å². The Balaban J connectivity index is 1.39. The van der Waals surface area contributed by atoms with Crippen molar-refractivity contribution in [1.82, 2.24) is 4.98 Å². The van der Waals surface area contributed by atoms with Crippen LogP contribution in [0.25, 0.3) is 33.0 Å². The molecule has 1 aliphatic heterocycles. The quantitative estimate of drug-likeness (QED) is 0.309. The van der Waals surface area contributed by atoms with Gasteiger partial charge in [-0.15, -0.1) is 0 Å². The number of amides is 1. The number of hydrogen-bond acceptors (Lipinski definition) is 6. The number of benzene rings is 3. The number of para-hydroxylation sites is 1. The first-order chi connectivity index (χ1) is 15.2. The molecule has 0 saturated heterocycles. The molecule has 6 rings (SSSR count). The van der Waals surface area contributed by atoms with Crippen molar-refractivity contribution in [2.45, 2.75) is 6.61 Å². The van der Waals surface area contributed by atoms with E-state index in [2.05, 4.69) is 10.3 Å². The summed E-state index contributed by atoms with van der Waals surface area (Å²) in [7, 11) is 0. The highest BCUT2D eigenvalue weighted by molar-refractivity contribution is 7.16. The lowest BCUT2D eigenvalue weighted by molar-refractivity contribution is 0.102. The predicted octanol–water partition coefficient (Wildman–Crippen LogP) is 5.21. The number of hydrogen-bond donors (Lipinski definition) is 1. The van der Waals surface area contributed by atoms with Crippen LogP contribution in [0.3, 0.4) is 0 Å². The molecule has 6 nitrogen and oxygen atoms in total. The molecule has 0 atom stereocenters. The van der Waals surface area contributed by atoms with E-state index in [0.29, 0.717) is 22.7 Å². The molecule has 0 radical (unpaired) electrons. The standard InChI is InChI=1S/C24H14N2O4S/c27-22(26-24-25-21-15-7-3-4-8-18(15)29-12-20(21)31-24)17-11-16-14-6-2-1-5-13(14)9-10-19(16)30-23(17)28/h1-11H,12H2,(H,25,26,27). The summed E-state index contributed by atoms with van der Waals surface area (Å²) >= 11 is 1.33. The number of thiazole rings is 1. The molecule has 5 aromatic rings. The van der Waals surface area contributed by atoms with Crippen LogP contribution in [-0.2, 0) is 6.61 Å². The fraction of sp³-hybridized carbons (Fsp3) is 0.0417. The molecule has 0 fully saturated rings. The minimum atomic E-state index is -0.685. The topological polar surface area (TPSA) is 81.4 Å². The first-order valence-electron chi connectivity index (χ1n) is 9.66. The summed E-state index contributed by atoms with van der Waals surface area (Å²) in [5.41, 5.74) is 1.37. The van der Waals surface area contributed by atoms with Gasteiger partial charge >= 0.3 is 5.63 Å². The second-order valence-corrected chi connectivity index (χ2v) is 8.26. The van der Waals surface area contributed by atoms with E-state index in [1.807, 2.05) is 54.6 Å². The van der Waals surface area contributed by atoms with Crippen molar-refractivity contribution in [2.24, 2.45) is 0 Å². The Hall–Kier alpha value is -3.97. The van der Waals surface area contributed by atoms with Gasteiger partial charge in [-0.25, -0.2) is 9.78 Å². The Kier molecular flexibility index (Phi) is 3.91. The van der Waals surface area contributed by atoms with Gasteiger partial charge in [-0.05, 0) is 35.0 Å². The summed E-state index contributed by atoms with van der Waals surface area (Å²) in [5.74, 6) is 0.212. The molecular formula is C24H14N2O4S. The average Bonchev–Trinajstić information content (AvgIpc) is 3.21. The molecule has 0 bridgehead atoms. The Morgan fingerprint density at radius 3 is 2.77 bits per heavy atom. The van der Waals surface area contributed by atoms with Crippen LogP contribution in [0.4, 0.5) is 5.13 Å². The molecule has 0 unspecified atom stereocenters. The third kappa shape index (κ3) is 2.90. The summed E-state index contributed by atoms with van der Waals surface area (Å²) < 4.78 is 11.2. The molecule has 2 aromatic heterocycles. The van der Waals surface area contributed by atoms with Crippen molar-refractivity contribution >= 4 is 44.1 Å². The summed E-state index contributed by atoms with van der Waals surface area (Å²) in [4.78, 5) is 30.9. The van der Waals surface area contributed by atoms with Gasteiger partial charge in [-0.3, -0.25) is 10.1 Å². The largest absolute Gasteiger partial charge is 0.487 e. The van der Waals surface area contributed by atoms with E-state index in [1.165, 1.54) is 11.3 Å². The van der Waals surface area contributed by atoms with Crippen LogP contribution in [-0.4, -0.2) is 10.9 Å². The molecule has 0 spiro atoms. The Morgan fingerprint density at radius 1 is 1.00 bits per heavy atom. The van der Waals surface area contributed by atoms with Crippen LogP contribution < -0.4 is 15.7 Å². The monoisotopic (exact) mass is 426 g/mol. The SMILES string of the molecule is O=C(Nc1nc2c(s1)COc1ccccc1-2)c1cc2c(ccc3ccccc32)oc1=O. The molecule has 7 heteroatoms. The highest BCUT2D eigenvalue weighted by Gasteiger charge is 2.23. The highest BCUT2D eigenvalue weighted by Crippen LogP contribution is 2.40. The number of nitrogens with one attached hydrogen (secondary N) is 1. The fourth-order valence-corrected chi connectivity index (χ4v) is 4.72. The fourth-order valence-electron chi connectivity index (χ4n) is 3.84. The van der Waals surface area contributed by atoms with Crippen molar-refractivity contribution in [2.75, 3.05) is 5.32 Å². The molecule has 0 aliphatic carbocycles. The zero-order valence-corrected chi connectivity index (χ0v) is 16.9. The van der Waals surface area contributed by atoms with Crippen molar-refractivity contribution in [3.8, 4) is 17.0 Å². The number of ether oxygens (including phenoxy) is 1. The Labute approximate surface area is 179 Å². The number of carbonyl (C=O) groups is 1. The second kappa shape index (κ2) is 6.78. The normalized spacial score (nSPS) is 12.3. The Morgan fingerprint density at radius 2 is 1.84 bits per heavy atom. The van der Waals surface area contributed by atoms with E-state index in [4.69, 9.17) is 9.15 Å². The molecular weight excluding hydrogens is 412 g/mol. The Bertz CT molecular complexity index is 1570. The number of fused-ring (bicyclic) bond motifs is 6. The van der Waals surface area contributed by atoms with Gasteiger partial charge in [-0.2, -0.15) is 0 Å². The lowest BCUT2D eigenvalue weighted by Crippen LogP contribution is -2.20. The lowest BCUT2D eigenvalue weighted by Gasteiger charge is -2.15. The van der Waals surface area contributed by atoms with E-state index < -0.39 is 11.5 Å². The van der Waals surface area contributed by atoms with Crippen LogP contribution in [0.2, 0.25) is 0 Å². The maximum atomic E-state index is 12.9. The van der Waals surface area contributed by atoms with Crippen molar-refractivity contribution < 1.29 is 13.9 Å².